The number of rotatable bonds is 6. The van der Waals surface area contributed by atoms with E-state index in [9.17, 15) is 4.79 Å². The van der Waals surface area contributed by atoms with Gasteiger partial charge in [0.1, 0.15) is 0 Å². The molecule has 0 heterocycles. The Labute approximate surface area is 115 Å². The van der Waals surface area contributed by atoms with Crippen molar-refractivity contribution in [1.82, 2.24) is 5.32 Å². The molecule has 0 radical (unpaired) electrons. The summed E-state index contributed by atoms with van der Waals surface area (Å²) in [6.07, 6.45) is 3.30. The number of carbonyl (C=O) groups is 1. The van der Waals surface area contributed by atoms with E-state index in [-0.39, 0.29) is 11.9 Å². The van der Waals surface area contributed by atoms with Crippen molar-refractivity contribution in [3.63, 3.8) is 0 Å². The molecule has 0 aromatic heterocycles. The third-order valence-electron chi connectivity index (χ3n) is 3.04. The highest BCUT2D eigenvalue weighted by atomic mass is 16.1. The second kappa shape index (κ2) is 7.02. The monoisotopic (exact) mass is 263 g/mol. The third kappa shape index (κ3) is 5.64. The number of nitrogen functional groups attached to an aromatic ring is 2. The molecule has 1 rings (SSSR count). The first-order valence-corrected chi connectivity index (χ1v) is 6.85. The molecule has 1 aromatic carbocycles. The van der Waals surface area contributed by atoms with Crippen molar-refractivity contribution >= 4 is 17.3 Å². The van der Waals surface area contributed by atoms with Crippen LogP contribution in [0.3, 0.4) is 0 Å². The van der Waals surface area contributed by atoms with Crippen molar-refractivity contribution in [2.75, 3.05) is 11.5 Å². The standard InChI is InChI=1S/C15H25N3O/c1-10(2)5-4-6-11(3)18-15(19)12-7-13(16)9-14(17)8-12/h7-11H,4-6,16-17H2,1-3H3,(H,18,19). The highest BCUT2D eigenvalue weighted by Crippen LogP contribution is 2.14. The van der Waals surface area contributed by atoms with Crippen LogP contribution in [0, 0.1) is 5.92 Å². The molecule has 0 aliphatic carbocycles. The zero-order chi connectivity index (χ0) is 14.4. The van der Waals surface area contributed by atoms with Gasteiger partial charge in [-0.25, -0.2) is 0 Å². The lowest BCUT2D eigenvalue weighted by Crippen LogP contribution is -2.32. The van der Waals surface area contributed by atoms with E-state index in [0.717, 1.165) is 12.8 Å². The Kier molecular flexibility index (Phi) is 5.67. The van der Waals surface area contributed by atoms with Crippen LogP contribution in [0.4, 0.5) is 11.4 Å². The minimum Gasteiger partial charge on any atom is -0.399 e. The van der Waals surface area contributed by atoms with Crippen LogP contribution < -0.4 is 16.8 Å². The second-order valence-corrected chi connectivity index (χ2v) is 5.59. The minimum absolute atomic E-state index is 0.115. The normalized spacial score (nSPS) is 12.4. The van der Waals surface area contributed by atoms with Gasteiger partial charge in [-0.1, -0.05) is 26.7 Å². The summed E-state index contributed by atoms with van der Waals surface area (Å²) in [4.78, 5) is 12.0. The Morgan fingerprint density at radius 1 is 1.11 bits per heavy atom. The zero-order valence-electron chi connectivity index (χ0n) is 12.1. The molecule has 0 bridgehead atoms. The van der Waals surface area contributed by atoms with E-state index in [1.54, 1.807) is 18.2 Å². The van der Waals surface area contributed by atoms with Crippen LogP contribution in [-0.2, 0) is 0 Å². The lowest BCUT2D eigenvalue weighted by molar-refractivity contribution is 0.0938. The first-order chi connectivity index (χ1) is 8.88. The van der Waals surface area contributed by atoms with Crippen LogP contribution in [0.5, 0.6) is 0 Å². The molecule has 1 unspecified atom stereocenters. The average Bonchev–Trinajstić information content (AvgIpc) is 2.26. The molecule has 0 saturated heterocycles. The molecule has 0 spiro atoms. The summed E-state index contributed by atoms with van der Waals surface area (Å²) in [5.74, 6) is 0.590. The molecule has 1 amide bonds. The SMILES string of the molecule is CC(C)CCCC(C)NC(=O)c1cc(N)cc(N)c1. The third-order valence-corrected chi connectivity index (χ3v) is 3.04. The number of benzene rings is 1. The highest BCUT2D eigenvalue weighted by molar-refractivity contribution is 5.96. The molecule has 106 valence electrons. The van der Waals surface area contributed by atoms with Gasteiger partial charge in [-0.15, -0.1) is 0 Å². The van der Waals surface area contributed by atoms with E-state index in [1.165, 1.54) is 6.42 Å². The van der Waals surface area contributed by atoms with Gasteiger partial charge in [0.05, 0.1) is 0 Å². The van der Waals surface area contributed by atoms with Crippen molar-refractivity contribution in [3.05, 3.63) is 23.8 Å². The maximum absolute atomic E-state index is 12.0. The molecular formula is C15H25N3O. The van der Waals surface area contributed by atoms with Gasteiger partial charge < -0.3 is 16.8 Å². The average molecular weight is 263 g/mol. The number of anilines is 2. The maximum Gasteiger partial charge on any atom is 0.251 e. The van der Waals surface area contributed by atoms with E-state index in [0.29, 0.717) is 22.9 Å². The van der Waals surface area contributed by atoms with E-state index in [2.05, 4.69) is 19.2 Å². The molecule has 1 atom stereocenters. The van der Waals surface area contributed by atoms with Gasteiger partial charge in [-0.05, 0) is 37.5 Å². The zero-order valence-corrected chi connectivity index (χ0v) is 12.1. The minimum atomic E-state index is -0.115. The number of carbonyl (C=O) groups excluding carboxylic acids is 1. The Balaban J connectivity index is 2.49. The van der Waals surface area contributed by atoms with Gasteiger partial charge in [0.2, 0.25) is 0 Å². The number of hydrogen-bond acceptors (Lipinski definition) is 3. The predicted molar refractivity (Wildman–Crippen MR) is 80.9 cm³/mol. The van der Waals surface area contributed by atoms with Gasteiger partial charge in [0, 0.05) is 23.0 Å². The molecule has 0 aliphatic heterocycles. The van der Waals surface area contributed by atoms with Crippen molar-refractivity contribution < 1.29 is 4.79 Å². The van der Waals surface area contributed by atoms with Crippen LogP contribution >= 0.6 is 0 Å². The summed E-state index contributed by atoms with van der Waals surface area (Å²) in [7, 11) is 0. The van der Waals surface area contributed by atoms with Gasteiger partial charge in [0.15, 0.2) is 0 Å². The summed E-state index contributed by atoms with van der Waals surface area (Å²) >= 11 is 0. The molecule has 19 heavy (non-hydrogen) atoms. The Bertz CT molecular complexity index is 409. The maximum atomic E-state index is 12.0. The van der Waals surface area contributed by atoms with E-state index < -0.39 is 0 Å². The number of amides is 1. The summed E-state index contributed by atoms with van der Waals surface area (Å²) in [6.45, 7) is 6.44. The van der Waals surface area contributed by atoms with Crippen LogP contribution in [0.2, 0.25) is 0 Å². The first kappa shape index (κ1) is 15.3. The smallest absolute Gasteiger partial charge is 0.251 e. The van der Waals surface area contributed by atoms with E-state index >= 15 is 0 Å². The van der Waals surface area contributed by atoms with Crippen molar-refractivity contribution in [3.8, 4) is 0 Å². The quantitative estimate of drug-likeness (QED) is 0.690. The van der Waals surface area contributed by atoms with Crippen LogP contribution in [0.1, 0.15) is 50.4 Å². The molecule has 4 nitrogen and oxygen atoms in total. The Hall–Kier alpha value is -1.71. The van der Waals surface area contributed by atoms with E-state index in [4.69, 9.17) is 11.5 Å². The molecule has 0 fully saturated rings. The molecule has 0 aliphatic rings. The summed E-state index contributed by atoms with van der Waals surface area (Å²) in [5.41, 5.74) is 12.9. The van der Waals surface area contributed by atoms with Crippen molar-refractivity contribution in [2.24, 2.45) is 5.92 Å². The Morgan fingerprint density at radius 2 is 1.68 bits per heavy atom. The van der Waals surface area contributed by atoms with Gasteiger partial charge in [-0.2, -0.15) is 0 Å². The number of hydrogen-bond donors (Lipinski definition) is 3. The fourth-order valence-electron chi connectivity index (χ4n) is 2.02. The van der Waals surface area contributed by atoms with Gasteiger partial charge in [-0.3, -0.25) is 4.79 Å². The van der Waals surface area contributed by atoms with Gasteiger partial charge >= 0.3 is 0 Å². The lowest BCUT2D eigenvalue weighted by Gasteiger charge is -2.15. The molecule has 1 aromatic rings. The van der Waals surface area contributed by atoms with Crippen molar-refractivity contribution in [1.29, 1.82) is 0 Å². The largest absolute Gasteiger partial charge is 0.399 e. The topological polar surface area (TPSA) is 81.1 Å². The second-order valence-electron chi connectivity index (χ2n) is 5.59. The molecule has 0 saturated carbocycles. The number of nitrogens with one attached hydrogen (secondary N) is 1. The van der Waals surface area contributed by atoms with Crippen LogP contribution in [0.25, 0.3) is 0 Å². The predicted octanol–water partition coefficient (Wildman–Crippen LogP) is 2.80. The number of nitrogens with two attached hydrogens (primary N) is 2. The fraction of sp³-hybridized carbons (Fsp3) is 0.533. The Morgan fingerprint density at radius 3 is 2.21 bits per heavy atom. The van der Waals surface area contributed by atoms with Crippen LogP contribution in [0.15, 0.2) is 18.2 Å². The van der Waals surface area contributed by atoms with Gasteiger partial charge in [0.25, 0.3) is 5.91 Å². The fourth-order valence-corrected chi connectivity index (χ4v) is 2.02. The summed E-state index contributed by atoms with van der Waals surface area (Å²) in [6, 6.07) is 5.09. The van der Waals surface area contributed by atoms with Crippen LogP contribution in [-0.4, -0.2) is 11.9 Å². The molecule has 5 N–H and O–H groups in total. The highest BCUT2D eigenvalue weighted by Gasteiger charge is 2.11. The van der Waals surface area contributed by atoms with E-state index in [1.807, 2.05) is 6.92 Å². The molecular weight excluding hydrogens is 238 g/mol. The lowest BCUT2D eigenvalue weighted by atomic mass is 10.0. The first-order valence-electron chi connectivity index (χ1n) is 6.85. The summed E-state index contributed by atoms with van der Waals surface area (Å²) < 4.78 is 0. The summed E-state index contributed by atoms with van der Waals surface area (Å²) in [5, 5.41) is 2.97. The molecule has 4 heteroatoms. The van der Waals surface area contributed by atoms with Crippen molar-refractivity contribution in [2.45, 2.75) is 46.1 Å².